The third kappa shape index (κ3) is 4.08. The van der Waals surface area contributed by atoms with Crippen LogP contribution in [0.3, 0.4) is 0 Å². The first-order valence-electron chi connectivity index (χ1n) is 10.8. The van der Waals surface area contributed by atoms with Crippen LogP contribution in [-0.4, -0.2) is 22.6 Å². The maximum Gasteiger partial charge on any atom is 0.150 e. The lowest BCUT2D eigenvalue weighted by Crippen LogP contribution is -2.18. The topological polar surface area (TPSA) is 39.5 Å². The minimum absolute atomic E-state index is 0.419. The molecule has 1 aromatic heterocycles. The molecule has 0 unspecified atom stereocenters. The second kappa shape index (κ2) is 8.34. The number of benzene rings is 3. The van der Waals surface area contributed by atoms with Crippen LogP contribution in [0.15, 0.2) is 66.7 Å². The second-order valence-electron chi connectivity index (χ2n) is 8.10. The van der Waals surface area contributed by atoms with Crippen molar-refractivity contribution in [3.63, 3.8) is 0 Å². The fourth-order valence-electron chi connectivity index (χ4n) is 4.08. The summed E-state index contributed by atoms with van der Waals surface area (Å²) >= 11 is 0. The molecule has 2 heterocycles. The smallest absolute Gasteiger partial charge is 0.150 e. The Morgan fingerprint density at radius 1 is 0.903 bits per heavy atom. The van der Waals surface area contributed by atoms with E-state index < -0.39 is 0 Å². The minimum Gasteiger partial charge on any atom is -0.486 e. The molecule has 0 saturated carbocycles. The molecule has 3 aromatic carbocycles. The summed E-state index contributed by atoms with van der Waals surface area (Å²) < 4.78 is 14.3. The molecule has 0 bridgehead atoms. The van der Waals surface area contributed by atoms with Crippen LogP contribution in [0.25, 0.3) is 11.0 Å². The van der Waals surface area contributed by atoms with E-state index in [4.69, 9.17) is 14.5 Å². The normalized spacial score (nSPS) is 13.7. The van der Waals surface area contributed by atoms with Crippen molar-refractivity contribution in [3.05, 3.63) is 78.1 Å². The lowest BCUT2D eigenvalue weighted by molar-refractivity contribution is 0.292. The van der Waals surface area contributed by atoms with Gasteiger partial charge in [0.25, 0.3) is 0 Å². The van der Waals surface area contributed by atoms with Crippen LogP contribution in [-0.2, 0) is 13.7 Å². The zero-order valence-electron chi connectivity index (χ0n) is 18.0. The highest BCUT2D eigenvalue weighted by Gasteiger charge is 2.17. The van der Waals surface area contributed by atoms with Crippen LogP contribution in [0.5, 0.6) is 17.2 Å². The molecule has 1 aliphatic rings. The van der Waals surface area contributed by atoms with Crippen molar-refractivity contribution >= 4 is 16.7 Å². The van der Waals surface area contributed by atoms with E-state index >= 15 is 0 Å². The number of hydrogen-bond donors (Lipinski definition) is 0. The van der Waals surface area contributed by atoms with Gasteiger partial charge in [-0.15, -0.1) is 0 Å². The fraction of sp³-hybridized carbons (Fsp3) is 0.269. The Morgan fingerprint density at radius 2 is 1.65 bits per heavy atom. The summed E-state index contributed by atoms with van der Waals surface area (Å²) in [6.07, 6.45) is 2.48. The van der Waals surface area contributed by atoms with Crippen molar-refractivity contribution < 1.29 is 9.47 Å². The predicted molar refractivity (Wildman–Crippen MR) is 124 cm³/mol. The maximum atomic E-state index is 6.32. The van der Waals surface area contributed by atoms with E-state index in [1.165, 1.54) is 18.4 Å². The summed E-state index contributed by atoms with van der Waals surface area (Å²) in [6, 6.07) is 22.4. The quantitative estimate of drug-likeness (QED) is 0.397. The van der Waals surface area contributed by atoms with E-state index in [2.05, 4.69) is 34.6 Å². The standard InChI is InChI=1S/C26H27N3O2/c1-19-9-11-20(12-10-19)30-18-26-27-22-14-13-21(17-24(22)28(26)2)31-25-8-4-3-7-23(25)29-15-5-6-16-29/h3-4,7-14,17H,5-6,15-16,18H2,1-2H3. The molecular formula is C26H27N3O2. The summed E-state index contributed by atoms with van der Waals surface area (Å²) in [5, 5.41) is 0. The number of rotatable bonds is 6. The van der Waals surface area contributed by atoms with Gasteiger partial charge in [-0.05, 0) is 56.2 Å². The van der Waals surface area contributed by atoms with Gasteiger partial charge in [0.1, 0.15) is 23.9 Å². The number of hydrogen-bond acceptors (Lipinski definition) is 4. The molecule has 4 aromatic rings. The average molecular weight is 414 g/mol. The van der Waals surface area contributed by atoms with Crippen molar-refractivity contribution in [2.45, 2.75) is 26.4 Å². The third-order valence-corrected chi connectivity index (χ3v) is 5.87. The number of ether oxygens (including phenoxy) is 2. The van der Waals surface area contributed by atoms with Crippen molar-refractivity contribution in [1.82, 2.24) is 9.55 Å². The van der Waals surface area contributed by atoms with Gasteiger partial charge in [0.05, 0.1) is 16.7 Å². The van der Waals surface area contributed by atoms with Crippen LogP contribution in [0, 0.1) is 6.92 Å². The number of nitrogens with zero attached hydrogens (tertiary/aromatic N) is 3. The Labute approximate surface area is 182 Å². The van der Waals surface area contributed by atoms with Gasteiger partial charge in [0, 0.05) is 26.2 Å². The molecule has 5 heteroatoms. The van der Waals surface area contributed by atoms with Gasteiger partial charge in [-0.1, -0.05) is 29.8 Å². The molecule has 5 rings (SSSR count). The number of aromatic nitrogens is 2. The number of imidazole rings is 1. The van der Waals surface area contributed by atoms with E-state index in [9.17, 15) is 0 Å². The number of para-hydroxylation sites is 2. The van der Waals surface area contributed by atoms with Crippen molar-refractivity contribution in [2.24, 2.45) is 7.05 Å². The lowest BCUT2D eigenvalue weighted by Gasteiger charge is -2.21. The lowest BCUT2D eigenvalue weighted by atomic mass is 10.2. The number of anilines is 1. The number of fused-ring (bicyclic) bond motifs is 1. The highest BCUT2D eigenvalue weighted by Crippen LogP contribution is 2.35. The molecule has 0 aliphatic carbocycles. The molecule has 0 amide bonds. The molecule has 1 fully saturated rings. The van der Waals surface area contributed by atoms with E-state index in [1.54, 1.807) is 0 Å². The van der Waals surface area contributed by atoms with Gasteiger partial charge < -0.3 is 18.9 Å². The first-order valence-corrected chi connectivity index (χ1v) is 10.8. The van der Waals surface area contributed by atoms with Crippen molar-refractivity contribution in [3.8, 4) is 17.2 Å². The highest BCUT2D eigenvalue weighted by atomic mass is 16.5. The van der Waals surface area contributed by atoms with Crippen LogP contribution in [0.4, 0.5) is 5.69 Å². The summed E-state index contributed by atoms with van der Waals surface area (Å²) in [4.78, 5) is 7.15. The van der Waals surface area contributed by atoms with Gasteiger partial charge in [-0.3, -0.25) is 0 Å². The van der Waals surface area contributed by atoms with E-state index in [-0.39, 0.29) is 0 Å². The molecule has 0 N–H and O–H groups in total. The van der Waals surface area contributed by atoms with Crippen LogP contribution < -0.4 is 14.4 Å². The van der Waals surface area contributed by atoms with Crippen LogP contribution in [0.2, 0.25) is 0 Å². The van der Waals surface area contributed by atoms with Gasteiger partial charge >= 0.3 is 0 Å². The monoisotopic (exact) mass is 413 g/mol. The van der Waals surface area contributed by atoms with Gasteiger partial charge in [-0.2, -0.15) is 0 Å². The summed E-state index contributed by atoms with van der Waals surface area (Å²) in [5.74, 6) is 3.44. The molecule has 0 spiro atoms. The van der Waals surface area contributed by atoms with E-state index in [0.717, 1.165) is 52.9 Å². The largest absolute Gasteiger partial charge is 0.486 e. The Bertz CT molecular complexity index is 1190. The molecule has 31 heavy (non-hydrogen) atoms. The Hall–Kier alpha value is -3.47. The summed E-state index contributed by atoms with van der Waals surface area (Å²) in [6.45, 7) is 4.66. The molecule has 5 nitrogen and oxygen atoms in total. The van der Waals surface area contributed by atoms with Gasteiger partial charge in [0.2, 0.25) is 0 Å². The third-order valence-electron chi connectivity index (χ3n) is 5.87. The first kappa shape index (κ1) is 19.5. The van der Waals surface area contributed by atoms with Crippen LogP contribution in [0.1, 0.15) is 24.2 Å². The van der Waals surface area contributed by atoms with E-state index in [1.807, 2.05) is 55.6 Å². The molecular weight excluding hydrogens is 386 g/mol. The Morgan fingerprint density at radius 3 is 2.45 bits per heavy atom. The summed E-state index contributed by atoms with van der Waals surface area (Å²) in [7, 11) is 2.02. The highest BCUT2D eigenvalue weighted by molar-refractivity contribution is 5.78. The van der Waals surface area contributed by atoms with Crippen molar-refractivity contribution in [2.75, 3.05) is 18.0 Å². The molecule has 1 saturated heterocycles. The van der Waals surface area contributed by atoms with Crippen LogP contribution >= 0.6 is 0 Å². The zero-order chi connectivity index (χ0) is 21.2. The Balaban J connectivity index is 1.37. The minimum atomic E-state index is 0.419. The van der Waals surface area contributed by atoms with E-state index in [0.29, 0.717) is 6.61 Å². The average Bonchev–Trinajstić information content (AvgIpc) is 3.43. The molecule has 1 aliphatic heterocycles. The molecule has 0 atom stereocenters. The van der Waals surface area contributed by atoms with Gasteiger partial charge in [-0.25, -0.2) is 4.98 Å². The van der Waals surface area contributed by atoms with Crippen molar-refractivity contribution in [1.29, 1.82) is 0 Å². The maximum absolute atomic E-state index is 6.32. The Kier molecular flexibility index (Phi) is 5.24. The van der Waals surface area contributed by atoms with Gasteiger partial charge in [0.15, 0.2) is 5.75 Å². The SMILES string of the molecule is Cc1ccc(OCc2nc3ccc(Oc4ccccc4N4CCCC4)cc3n2C)cc1. The predicted octanol–water partition coefficient (Wildman–Crippen LogP) is 5.85. The first-order chi connectivity index (χ1) is 15.2. The zero-order valence-corrected chi connectivity index (χ0v) is 18.0. The fourth-order valence-corrected chi connectivity index (χ4v) is 4.08. The molecule has 158 valence electrons. The number of aryl methyl sites for hydroxylation is 2. The second-order valence-corrected chi connectivity index (χ2v) is 8.10. The molecule has 0 radical (unpaired) electrons. The summed E-state index contributed by atoms with van der Waals surface area (Å²) in [5.41, 5.74) is 4.34.